The van der Waals surface area contributed by atoms with Crippen LogP contribution < -0.4 is 10.1 Å². The summed E-state index contributed by atoms with van der Waals surface area (Å²) in [6.45, 7) is 4.62. The van der Waals surface area contributed by atoms with Gasteiger partial charge in [-0.05, 0) is 35.7 Å². The molecule has 1 aromatic heterocycles. The molecule has 0 bridgehead atoms. The smallest absolute Gasteiger partial charge is 0.251 e. The van der Waals surface area contributed by atoms with E-state index in [1.807, 2.05) is 18.2 Å². The normalized spacial score (nSPS) is 11.8. The van der Waals surface area contributed by atoms with Crippen molar-refractivity contribution in [1.29, 1.82) is 0 Å². The number of ether oxygens (including phenoxy) is 1. The molecule has 0 aliphatic rings. The van der Waals surface area contributed by atoms with Crippen LogP contribution in [-0.2, 0) is 6.61 Å². The molecule has 0 spiro atoms. The lowest BCUT2D eigenvalue weighted by molar-refractivity contribution is 0.0951. The topological polar surface area (TPSA) is 77.2 Å². The van der Waals surface area contributed by atoms with Crippen LogP contribution in [0.4, 0.5) is 0 Å². The maximum atomic E-state index is 12.3. The Bertz CT molecular complexity index is 844. The zero-order valence-corrected chi connectivity index (χ0v) is 14.8. The molecule has 0 aliphatic heterocycles. The average molecular weight is 351 g/mol. The molecule has 134 valence electrons. The highest BCUT2D eigenvalue weighted by Crippen LogP contribution is 2.15. The van der Waals surface area contributed by atoms with Gasteiger partial charge in [0, 0.05) is 19.0 Å². The number of rotatable bonds is 7. The highest BCUT2D eigenvalue weighted by atomic mass is 16.5. The van der Waals surface area contributed by atoms with E-state index in [1.54, 1.807) is 31.2 Å². The molecule has 1 amide bonds. The largest absolute Gasteiger partial charge is 0.485 e. The van der Waals surface area contributed by atoms with Crippen molar-refractivity contribution < 1.29 is 14.1 Å². The molecule has 6 nitrogen and oxygen atoms in total. The van der Waals surface area contributed by atoms with Crippen LogP contribution in [0.15, 0.2) is 59.1 Å². The van der Waals surface area contributed by atoms with Gasteiger partial charge in [-0.2, -0.15) is 4.98 Å². The van der Waals surface area contributed by atoms with Gasteiger partial charge in [0.2, 0.25) is 11.7 Å². The van der Waals surface area contributed by atoms with Crippen molar-refractivity contribution >= 4 is 5.91 Å². The van der Waals surface area contributed by atoms with Gasteiger partial charge < -0.3 is 14.6 Å². The molecule has 26 heavy (non-hydrogen) atoms. The Balaban J connectivity index is 1.50. The quantitative estimate of drug-likeness (QED) is 0.705. The second-order valence-electron chi connectivity index (χ2n) is 6.06. The van der Waals surface area contributed by atoms with Crippen molar-refractivity contribution in [3.63, 3.8) is 0 Å². The van der Waals surface area contributed by atoms with Gasteiger partial charge >= 0.3 is 0 Å². The summed E-state index contributed by atoms with van der Waals surface area (Å²) >= 11 is 0. The minimum atomic E-state index is -0.104. The van der Waals surface area contributed by atoms with Gasteiger partial charge in [0.1, 0.15) is 5.75 Å². The molecule has 1 atom stereocenters. The fraction of sp³-hybridized carbons (Fsp3) is 0.250. The van der Waals surface area contributed by atoms with E-state index in [4.69, 9.17) is 9.26 Å². The first-order valence-corrected chi connectivity index (χ1v) is 8.47. The van der Waals surface area contributed by atoms with Gasteiger partial charge in [-0.25, -0.2) is 0 Å². The summed E-state index contributed by atoms with van der Waals surface area (Å²) in [7, 11) is 0. The molecular formula is C20H21N3O3. The fourth-order valence-electron chi connectivity index (χ4n) is 2.50. The number of nitrogens with one attached hydrogen (secondary N) is 1. The van der Waals surface area contributed by atoms with E-state index in [-0.39, 0.29) is 18.4 Å². The van der Waals surface area contributed by atoms with Crippen molar-refractivity contribution in [3.05, 3.63) is 77.4 Å². The highest BCUT2D eigenvalue weighted by molar-refractivity contribution is 5.94. The lowest BCUT2D eigenvalue weighted by Crippen LogP contribution is -2.27. The monoisotopic (exact) mass is 351 g/mol. The van der Waals surface area contributed by atoms with E-state index in [2.05, 4.69) is 34.5 Å². The molecule has 1 heterocycles. The van der Waals surface area contributed by atoms with Crippen LogP contribution in [0.5, 0.6) is 5.75 Å². The number of carbonyl (C=O) groups is 1. The van der Waals surface area contributed by atoms with Gasteiger partial charge in [-0.3, -0.25) is 4.79 Å². The van der Waals surface area contributed by atoms with Crippen molar-refractivity contribution in [2.75, 3.05) is 6.54 Å². The van der Waals surface area contributed by atoms with Crippen LogP contribution in [0, 0.1) is 6.92 Å². The third kappa shape index (κ3) is 4.69. The molecule has 6 heteroatoms. The summed E-state index contributed by atoms with van der Waals surface area (Å²) in [5.41, 5.74) is 1.79. The summed E-state index contributed by atoms with van der Waals surface area (Å²) in [6, 6.07) is 17.1. The Labute approximate surface area is 152 Å². The Morgan fingerprint density at radius 3 is 2.54 bits per heavy atom. The average Bonchev–Trinajstić information content (AvgIpc) is 3.10. The van der Waals surface area contributed by atoms with Crippen molar-refractivity contribution in [3.8, 4) is 5.75 Å². The maximum Gasteiger partial charge on any atom is 0.251 e. The highest BCUT2D eigenvalue weighted by Gasteiger charge is 2.10. The molecule has 1 N–H and O–H groups in total. The second kappa shape index (κ2) is 8.29. The number of aromatic nitrogens is 2. The molecule has 2 aromatic carbocycles. The summed E-state index contributed by atoms with van der Waals surface area (Å²) in [5.74, 6) is 1.77. The Morgan fingerprint density at radius 1 is 1.15 bits per heavy atom. The zero-order valence-electron chi connectivity index (χ0n) is 14.8. The van der Waals surface area contributed by atoms with Gasteiger partial charge in [-0.15, -0.1) is 0 Å². The zero-order chi connectivity index (χ0) is 18.4. The summed E-state index contributed by atoms with van der Waals surface area (Å²) in [4.78, 5) is 16.4. The first kappa shape index (κ1) is 17.7. The SMILES string of the molecule is Cc1nc(COc2ccc(C(=O)NCC(C)c3ccccc3)cc2)no1. The molecule has 0 saturated heterocycles. The Morgan fingerprint density at radius 2 is 1.88 bits per heavy atom. The number of hydrogen-bond donors (Lipinski definition) is 1. The summed E-state index contributed by atoms with van der Waals surface area (Å²) in [5, 5.41) is 6.73. The minimum Gasteiger partial charge on any atom is -0.485 e. The Kier molecular flexibility index (Phi) is 5.63. The predicted octanol–water partition coefficient (Wildman–Crippen LogP) is 3.49. The molecule has 0 fully saturated rings. The first-order chi connectivity index (χ1) is 12.6. The van der Waals surface area contributed by atoms with Crippen LogP contribution in [0.3, 0.4) is 0 Å². The van der Waals surface area contributed by atoms with Crippen LogP contribution in [0.2, 0.25) is 0 Å². The van der Waals surface area contributed by atoms with E-state index < -0.39 is 0 Å². The van der Waals surface area contributed by atoms with Crippen LogP contribution in [0.25, 0.3) is 0 Å². The number of carbonyl (C=O) groups excluding carboxylic acids is 1. The van der Waals surface area contributed by atoms with Crippen LogP contribution in [0.1, 0.15) is 40.5 Å². The third-order valence-corrected chi connectivity index (χ3v) is 3.99. The lowest BCUT2D eigenvalue weighted by Gasteiger charge is -2.13. The van der Waals surface area contributed by atoms with Gasteiger partial charge in [0.15, 0.2) is 6.61 Å². The fourth-order valence-corrected chi connectivity index (χ4v) is 2.50. The molecule has 3 rings (SSSR count). The van der Waals surface area contributed by atoms with Gasteiger partial charge in [0.05, 0.1) is 0 Å². The molecular weight excluding hydrogens is 330 g/mol. The standard InChI is InChI=1S/C20H21N3O3/c1-14(16-6-4-3-5-7-16)12-21-20(24)17-8-10-18(11-9-17)25-13-19-22-15(2)26-23-19/h3-11,14H,12-13H2,1-2H3,(H,21,24). The van der Waals surface area contributed by atoms with Crippen molar-refractivity contribution in [2.45, 2.75) is 26.4 Å². The second-order valence-corrected chi connectivity index (χ2v) is 6.06. The molecule has 0 radical (unpaired) electrons. The minimum absolute atomic E-state index is 0.104. The third-order valence-electron chi connectivity index (χ3n) is 3.99. The molecule has 3 aromatic rings. The maximum absolute atomic E-state index is 12.3. The number of benzene rings is 2. The van der Waals surface area contributed by atoms with Crippen molar-refractivity contribution in [2.24, 2.45) is 0 Å². The van der Waals surface area contributed by atoms with Gasteiger partial charge in [-0.1, -0.05) is 42.4 Å². The molecule has 0 aliphatic carbocycles. The number of hydrogen-bond acceptors (Lipinski definition) is 5. The van der Waals surface area contributed by atoms with E-state index >= 15 is 0 Å². The molecule has 1 unspecified atom stereocenters. The van der Waals surface area contributed by atoms with E-state index in [9.17, 15) is 4.79 Å². The predicted molar refractivity (Wildman–Crippen MR) is 97.0 cm³/mol. The first-order valence-electron chi connectivity index (χ1n) is 8.47. The van der Waals surface area contributed by atoms with E-state index in [0.717, 1.165) is 0 Å². The van der Waals surface area contributed by atoms with Crippen LogP contribution >= 0.6 is 0 Å². The Hall–Kier alpha value is -3.15. The summed E-state index contributed by atoms with van der Waals surface area (Å²) < 4.78 is 10.5. The number of amides is 1. The lowest BCUT2D eigenvalue weighted by atomic mass is 10.0. The van der Waals surface area contributed by atoms with Crippen molar-refractivity contribution in [1.82, 2.24) is 15.5 Å². The van der Waals surface area contributed by atoms with Crippen LogP contribution in [-0.4, -0.2) is 22.6 Å². The van der Waals surface area contributed by atoms with E-state index in [1.165, 1.54) is 5.56 Å². The summed E-state index contributed by atoms with van der Waals surface area (Å²) in [6.07, 6.45) is 0. The van der Waals surface area contributed by atoms with Gasteiger partial charge in [0.25, 0.3) is 5.91 Å². The number of aryl methyl sites for hydroxylation is 1. The number of nitrogens with zero attached hydrogens (tertiary/aromatic N) is 2. The van der Waals surface area contributed by atoms with E-state index in [0.29, 0.717) is 29.6 Å². The molecule has 0 saturated carbocycles.